The number of aromatic nitrogens is 2. The van der Waals surface area contributed by atoms with E-state index in [1.165, 1.54) is 33.4 Å². The van der Waals surface area contributed by atoms with E-state index in [9.17, 15) is 14.7 Å². The Bertz CT molecular complexity index is 1850. The summed E-state index contributed by atoms with van der Waals surface area (Å²) in [7, 11) is 0. The first-order valence-electron chi connectivity index (χ1n) is 13.7. The minimum absolute atomic E-state index is 0.0416. The van der Waals surface area contributed by atoms with Gasteiger partial charge in [0, 0.05) is 16.3 Å². The number of rotatable bonds is 9. The van der Waals surface area contributed by atoms with E-state index in [1.807, 2.05) is 31.2 Å². The van der Waals surface area contributed by atoms with E-state index in [1.54, 1.807) is 42.5 Å². The topological polar surface area (TPSA) is 92.6 Å². The zero-order valence-corrected chi connectivity index (χ0v) is 25.5. The molecule has 1 amide bonds. The fourth-order valence-electron chi connectivity index (χ4n) is 5.02. The Morgan fingerprint density at radius 1 is 1.00 bits per heavy atom. The molecular formula is C33H26ClN3O4S2. The van der Waals surface area contributed by atoms with Gasteiger partial charge in [-0.2, -0.15) is 0 Å². The minimum atomic E-state index is -0.940. The number of Topliss-reactive ketones (excluding diaryl/α,β-unsaturated/α-hetero) is 1. The van der Waals surface area contributed by atoms with Gasteiger partial charge < -0.3 is 9.84 Å². The number of aliphatic hydroxyl groups excluding tert-OH is 1. The number of thioether (sulfide) groups is 1. The number of ether oxygens (including phenoxy) is 1. The first-order valence-corrected chi connectivity index (χ1v) is 15.8. The fourth-order valence-corrected chi connectivity index (χ4v) is 7.02. The maximum absolute atomic E-state index is 13.6. The van der Waals surface area contributed by atoms with Crippen molar-refractivity contribution < 1.29 is 19.4 Å². The van der Waals surface area contributed by atoms with Crippen molar-refractivity contribution in [3.05, 3.63) is 118 Å². The van der Waals surface area contributed by atoms with Gasteiger partial charge in [-0.1, -0.05) is 96.2 Å². The third-order valence-electron chi connectivity index (χ3n) is 7.04. The molecular weight excluding hydrogens is 602 g/mol. The number of nitrogens with zero attached hydrogens (tertiary/aromatic N) is 3. The molecule has 1 unspecified atom stereocenters. The number of ketones is 1. The van der Waals surface area contributed by atoms with Crippen LogP contribution in [-0.2, 0) is 15.3 Å². The average molecular weight is 628 g/mol. The van der Waals surface area contributed by atoms with Crippen molar-refractivity contribution in [2.45, 2.75) is 29.5 Å². The molecule has 1 N–H and O–H groups in total. The van der Waals surface area contributed by atoms with E-state index in [-0.39, 0.29) is 16.5 Å². The Hall–Kier alpha value is -4.18. The maximum Gasteiger partial charge on any atom is 0.301 e. The number of hydrogen-bond donors (Lipinski definition) is 1. The molecule has 1 aliphatic rings. The molecule has 1 aromatic heterocycles. The van der Waals surface area contributed by atoms with Gasteiger partial charge in [-0.3, -0.25) is 14.5 Å². The van der Waals surface area contributed by atoms with Crippen molar-refractivity contribution in [1.82, 2.24) is 10.2 Å². The summed E-state index contributed by atoms with van der Waals surface area (Å²) in [6.07, 6.45) is 0.823. The summed E-state index contributed by atoms with van der Waals surface area (Å²) in [4.78, 5) is 28.5. The Morgan fingerprint density at radius 2 is 1.77 bits per heavy atom. The number of hydrogen-bond acceptors (Lipinski definition) is 8. The summed E-state index contributed by atoms with van der Waals surface area (Å²) in [5.74, 6) is -0.636. The highest BCUT2D eigenvalue weighted by molar-refractivity contribution is 8.00. The van der Waals surface area contributed by atoms with Gasteiger partial charge in [0.05, 0.1) is 18.2 Å². The largest absolute Gasteiger partial charge is 0.507 e. The van der Waals surface area contributed by atoms with Crippen LogP contribution in [0.5, 0.6) is 5.75 Å². The second-order valence-corrected chi connectivity index (χ2v) is 12.5. The predicted octanol–water partition coefficient (Wildman–Crippen LogP) is 8.05. The van der Waals surface area contributed by atoms with Crippen LogP contribution in [0.15, 0.2) is 101 Å². The number of benzene rings is 4. The highest BCUT2D eigenvalue weighted by Crippen LogP contribution is 2.44. The zero-order valence-electron chi connectivity index (χ0n) is 23.1. The second-order valence-electron chi connectivity index (χ2n) is 9.87. The highest BCUT2D eigenvalue weighted by Gasteiger charge is 2.48. The van der Waals surface area contributed by atoms with Crippen LogP contribution in [0, 0.1) is 0 Å². The predicted molar refractivity (Wildman–Crippen MR) is 172 cm³/mol. The zero-order chi connectivity index (χ0) is 29.9. The van der Waals surface area contributed by atoms with Gasteiger partial charge in [-0.05, 0) is 64.7 Å². The first kappa shape index (κ1) is 28.9. The van der Waals surface area contributed by atoms with Crippen molar-refractivity contribution in [2.75, 3.05) is 11.5 Å². The van der Waals surface area contributed by atoms with Gasteiger partial charge in [0.15, 0.2) is 4.34 Å². The third-order valence-corrected chi connectivity index (χ3v) is 9.40. The quantitative estimate of drug-likeness (QED) is 0.0581. The number of anilines is 1. The van der Waals surface area contributed by atoms with Gasteiger partial charge in [0.25, 0.3) is 5.78 Å². The molecule has 43 heavy (non-hydrogen) atoms. The molecule has 1 saturated heterocycles. The molecule has 0 aliphatic carbocycles. The highest BCUT2D eigenvalue weighted by atomic mass is 35.5. The lowest BCUT2D eigenvalue weighted by Gasteiger charge is -2.23. The molecule has 6 rings (SSSR count). The molecule has 0 spiro atoms. The van der Waals surface area contributed by atoms with Crippen LogP contribution in [0.1, 0.15) is 36.1 Å². The van der Waals surface area contributed by atoms with Crippen molar-refractivity contribution in [2.24, 2.45) is 0 Å². The van der Waals surface area contributed by atoms with Crippen LogP contribution < -0.4 is 9.64 Å². The Balaban J connectivity index is 1.37. The molecule has 7 nitrogen and oxygen atoms in total. The fraction of sp³-hybridized carbons (Fsp3) is 0.152. The van der Waals surface area contributed by atoms with E-state index in [0.29, 0.717) is 38.6 Å². The van der Waals surface area contributed by atoms with Crippen molar-refractivity contribution in [3.8, 4) is 5.75 Å². The van der Waals surface area contributed by atoms with Crippen LogP contribution in [0.25, 0.3) is 16.5 Å². The first-order chi connectivity index (χ1) is 20.9. The standard InChI is InChI=1S/C33H26ClN3O4S2/c1-2-17-41-25-11-6-9-22(18-25)28-27(29(38)21-13-15-24(34)16-14-21)30(39)31(40)37(28)32-35-36-33(43-32)42-19-23-10-5-8-20-7-3-4-12-26(20)23/h3-16,18,28,38H,2,17,19H2,1H3. The summed E-state index contributed by atoms with van der Waals surface area (Å²) in [6, 6.07) is 27.1. The molecule has 4 aromatic carbocycles. The van der Waals surface area contributed by atoms with E-state index in [0.717, 1.165) is 17.4 Å². The number of carbonyl (C=O) groups is 2. The molecule has 0 saturated carbocycles. The van der Waals surface area contributed by atoms with Gasteiger partial charge in [0.1, 0.15) is 11.5 Å². The molecule has 5 aromatic rings. The molecule has 1 atom stereocenters. The minimum Gasteiger partial charge on any atom is -0.507 e. The van der Waals surface area contributed by atoms with Crippen LogP contribution in [0.4, 0.5) is 5.13 Å². The van der Waals surface area contributed by atoms with Gasteiger partial charge in [-0.15, -0.1) is 10.2 Å². The van der Waals surface area contributed by atoms with E-state index in [4.69, 9.17) is 16.3 Å². The van der Waals surface area contributed by atoms with E-state index < -0.39 is 17.7 Å². The summed E-state index contributed by atoms with van der Waals surface area (Å²) < 4.78 is 6.50. The normalized spacial score (nSPS) is 16.2. The second kappa shape index (κ2) is 12.6. The Kier molecular flexibility index (Phi) is 8.47. The van der Waals surface area contributed by atoms with Gasteiger partial charge in [0.2, 0.25) is 5.13 Å². The number of fused-ring (bicyclic) bond motifs is 1. The van der Waals surface area contributed by atoms with Crippen molar-refractivity contribution >= 4 is 68.1 Å². The summed E-state index contributed by atoms with van der Waals surface area (Å²) in [5, 5.41) is 23.1. The average Bonchev–Trinajstić information content (AvgIpc) is 3.60. The van der Waals surface area contributed by atoms with Crippen LogP contribution in [-0.4, -0.2) is 33.6 Å². The Labute approximate surface area is 261 Å². The Morgan fingerprint density at radius 3 is 2.58 bits per heavy atom. The SMILES string of the molecule is CCCOc1cccc(C2C(=C(O)c3ccc(Cl)cc3)C(=O)C(=O)N2c2nnc(SCc3cccc4ccccc34)s2)c1. The lowest BCUT2D eigenvalue weighted by molar-refractivity contribution is -0.132. The monoisotopic (exact) mass is 627 g/mol. The molecule has 2 heterocycles. The molecule has 0 bridgehead atoms. The molecule has 1 aliphatic heterocycles. The number of aliphatic hydroxyl groups is 1. The van der Waals surface area contributed by atoms with Crippen LogP contribution in [0.3, 0.4) is 0 Å². The summed E-state index contributed by atoms with van der Waals surface area (Å²) in [5.41, 5.74) is 2.09. The van der Waals surface area contributed by atoms with E-state index >= 15 is 0 Å². The van der Waals surface area contributed by atoms with Crippen molar-refractivity contribution in [3.63, 3.8) is 0 Å². The molecule has 10 heteroatoms. The lowest BCUT2D eigenvalue weighted by Crippen LogP contribution is -2.29. The van der Waals surface area contributed by atoms with Gasteiger partial charge in [-0.25, -0.2) is 0 Å². The third kappa shape index (κ3) is 5.88. The molecule has 216 valence electrons. The van der Waals surface area contributed by atoms with Crippen molar-refractivity contribution in [1.29, 1.82) is 0 Å². The smallest absolute Gasteiger partial charge is 0.301 e. The van der Waals surface area contributed by atoms with Crippen LogP contribution in [0.2, 0.25) is 5.02 Å². The van der Waals surface area contributed by atoms with E-state index in [2.05, 4.69) is 34.5 Å². The van der Waals surface area contributed by atoms with Gasteiger partial charge >= 0.3 is 5.91 Å². The summed E-state index contributed by atoms with van der Waals surface area (Å²) >= 11 is 8.80. The summed E-state index contributed by atoms with van der Waals surface area (Å²) in [6.45, 7) is 2.53. The number of amides is 1. The molecule has 1 fully saturated rings. The molecule has 0 radical (unpaired) electrons. The van der Waals surface area contributed by atoms with Crippen LogP contribution >= 0.6 is 34.7 Å². The maximum atomic E-state index is 13.6. The number of carbonyl (C=O) groups excluding carboxylic acids is 2. The lowest BCUT2D eigenvalue weighted by atomic mass is 9.95. The number of halogens is 1.